The van der Waals surface area contributed by atoms with E-state index in [1.54, 1.807) is 0 Å². The molecule has 0 fully saturated rings. The molecular weight excluding hydrogens is 412 g/mol. The van der Waals surface area contributed by atoms with Gasteiger partial charge in [-0.2, -0.15) is 0 Å². The number of benzene rings is 1. The van der Waals surface area contributed by atoms with Gasteiger partial charge in [-0.3, -0.25) is 14.7 Å². The number of rotatable bonds is 6. The van der Waals surface area contributed by atoms with Crippen LogP contribution in [0.25, 0.3) is 0 Å². The molecule has 0 bridgehead atoms. The number of aromatic nitrogens is 1. The van der Waals surface area contributed by atoms with Crippen molar-refractivity contribution in [2.24, 2.45) is 0 Å². The fourth-order valence-electron chi connectivity index (χ4n) is 2.97. The van der Waals surface area contributed by atoms with E-state index in [0.717, 1.165) is 18.9 Å². The van der Waals surface area contributed by atoms with Gasteiger partial charge in [-0.25, -0.2) is 22.0 Å². The van der Waals surface area contributed by atoms with Gasteiger partial charge in [-0.1, -0.05) is 0 Å². The fraction of sp³-hybridized carbons (Fsp3) is 0.294. The highest BCUT2D eigenvalue weighted by atomic mass is 32.2. The van der Waals surface area contributed by atoms with Crippen molar-refractivity contribution in [3.05, 3.63) is 52.6 Å². The van der Waals surface area contributed by atoms with E-state index < -0.39 is 52.1 Å². The molecule has 0 radical (unpaired) electrons. The lowest BCUT2D eigenvalue weighted by molar-refractivity contribution is -0.0188. The van der Waals surface area contributed by atoms with E-state index in [2.05, 4.69) is 9.93 Å². The predicted octanol–water partition coefficient (Wildman–Crippen LogP) is 5.13. The summed E-state index contributed by atoms with van der Waals surface area (Å²) in [4.78, 5) is 20.1. The van der Waals surface area contributed by atoms with Gasteiger partial charge in [0.25, 0.3) is 6.43 Å². The van der Waals surface area contributed by atoms with Crippen LogP contribution in [0.3, 0.4) is 0 Å². The number of hydrogen-bond donors (Lipinski definition) is 0. The van der Waals surface area contributed by atoms with Crippen LogP contribution in [-0.2, 0) is 4.74 Å². The Morgan fingerprint density at radius 3 is 2.43 bits per heavy atom. The van der Waals surface area contributed by atoms with Gasteiger partial charge in [0.05, 0.1) is 22.5 Å². The minimum absolute atomic E-state index is 0.325. The standard InChI is InChI=1S/C17H11F6NO3S/c1-26-7(4-8-15(25)6-2-3-24-5-9(6)28-8)10-12(18)13(19)11(17(21)22)14(20)16(10)27-23/h2-3,5,7-8,17H,4H2,1H3. The molecule has 1 aliphatic heterocycles. The summed E-state index contributed by atoms with van der Waals surface area (Å²) >= 11 is 1.06. The highest BCUT2D eigenvalue weighted by Crippen LogP contribution is 2.45. The second-order valence-corrected chi connectivity index (χ2v) is 7.02. The van der Waals surface area contributed by atoms with Crippen LogP contribution in [0.1, 0.15) is 40.4 Å². The molecule has 28 heavy (non-hydrogen) atoms. The number of pyridine rings is 1. The van der Waals surface area contributed by atoms with Gasteiger partial charge in [0.1, 0.15) is 0 Å². The Kier molecular flexibility index (Phi) is 5.84. The number of nitrogens with zero attached hydrogens (tertiary/aromatic N) is 1. The molecule has 1 aromatic heterocycles. The topological polar surface area (TPSA) is 48.4 Å². The maximum atomic E-state index is 14.4. The van der Waals surface area contributed by atoms with Gasteiger partial charge in [-0.15, -0.1) is 11.8 Å². The van der Waals surface area contributed by atoms with Gasteiger partial charge in [0, 0.05) is 34.5 Å². The summed E-state index contributed by atoms with van der Waals surface area (Å²) in [5.74, 6) is -8.10. The number of ether oxygens (including phenoxy) is 1. The van der Waals surface area contributed by atoms with Crippen LogP contribution in [0, 0.1) is 17.5 Å². The number of carbonyl (C=O) groups excluding carboxylic acids is 1. The molecule has 2 heterocycles. The van der Waals surface area contributed by atoms with Crippen molar-refractivity contribution in [2.45, 2.75) is 29.1 Å². The maximum Gasteiger partial charge on any atom is 0.269 e. The van der Waals surface area contributed by atoms with Crippen molar-refractivity contribution in [1.82, 2.24) is 4.98 Å². The number of thioether (sulfide) groups is 1. The number of hydrogen-bond acceptors (Lipinski definition) is 5. The Balaban J connectivity index is 2.01. The largest absolute Gasteiger partial charge is 0.376 e. The average molecular weight is 423 g/mol. The molecule has 11 heteroatoms. The summed E-state index contributed by atoms with van der Waals surface area (Å²) in [6.07, 6.45) is -2.78. The quantitative estimate of drug-likeness (QED) is 0.476. The number of fused-ring (bicyclic) bond motifs is 1. The van der Waals surface area contributed by atoms with E-state index >= 15 is 0 Å². The highest BCUT2D eigenvalue weighted by molar-refractivity contribution is 8.01. The summed E-state index contributed by atoms with van der Waals surface area (Å²) in [7, 11) is 1.03. The third-order valence-corrected chi connectivity index (χ3v) is 5.56. The lowest BCUT2D eigenvalue weighted by atomic mass is 9.97. The molecule has 0 spiro atoms. The molecule has 0 N–H and O–H groups in total. The van der Waals surface area contributed by atoms with E-state index in [4.69, 9.17) is 4.74 Å². The first-order valence-corrected chi connectivity index (χ1v) is 8.64. The first kappa shape index (κ1) is 20.5. The molecule has 3 rings (SSSR count). The van der Waals surface area contributed by atoms with E-state index in [-0.39, 0.29) is 12.2 Å². The molecule has 2 unspecified atom stereocenters. The number of halogens is 6. The average Bonchev–Trinajstić information content (AvgIpc) is 2.98. The number of carbonyl (C=O) groups is 1. The van der Waals surface area contributed by atoms with Crippen LogP contribution in [0.2, 0.25) is 0 Å². The summed E-state index contributed by atoms with van der Waals surface area (Å²) in [6.45, 7) is 0. The molecule has 2 atom stereocenters. The van der Waals surface area contributed by atoms with Gasteiger partial charge >= 0.3 is 0 Å². The van der Waals surface area contributed by atoms with Crippen LogP contribution in [0.15, 0.2) is 23.4 Å². The maximum absolute atomic E-state index is 14.4. The van der Waals surface area contributed by atoms with Gasteiger partial charge < -0.3 is 4.74 Å². The van der Waals surface area contributed by atoms with E-state index in [0.29, 0.717) is 10.5 Å². The zero-order valence-corrected chi connectivity index (χ0v) is 14.8. The number of ketones is 1. The van der Waals surface area contributed by atoms with Crippen molar-refractivity contribution in [1.29, 1.82) is 0 Å². The first-order valence-electron chi connectivity index (χ1n) is 7.76. The minimum Gasteiger partial charge on any atom is -0.376 e. The number of methoxy groups -OCH3 is 1. The molecule has 150 valence electrons. The van der Waals surface area contributed by atoms with E-state index in [1.807, 2.05) is 0 Å². The molecule has 1 aromatic carbocycles. The second-order valence-electron chi connectivity index (χ2n) is 5.78. The third kappa shape index (κ3) is 3.32. The summed E-state index contributed by atoms with van der Waals surface area (Å²) in [5, 5.41) is -0.850. The summed E-state index contributed by atoms with van der Waals surface area (Å²) < 4.78 is 86.1. The molecule has 0 saturated carbocycles. The number of Topliss-reactive ketones (excluding diaryl/α,β-unsaturated/α-hetero) is 1. The molecule has 1 aliphatic rings. The monoisotopic (exact) mass is 423 g/mol. The molecule has 4 nitrogen and oxygen atoms in total. The molecule has 0 aliphatic carbocycles. The Labute approximate surface area is 158 Å². The molecule has 0 saturated heterocycles. The number of alkyl halides is 2. The minimum atomic E-state index is -3.74. The van der Waals surface area contributed by atoms with Crippen LogP contribution in [0.5, 0.6) is 5.75 Å². The van der Waals surface area contributed by atoms with Crippen molar-refractivity contribution in [3.8, 4) is 5.75 Å². The first-order chi connectivity index (χ1) is 13.3. The fourth-order valence-corrected chi connectivity index (χ4v) is 4.20. The van der Waals surface area contributed by atoms with Gasteiger partial charge in [0.2, 0.25) is 5.75 Å². The summed E-state index contributed by atoms with van der Waals surface area (Å²) in [6, 6.07) is 1.47. The van der Waals surface area contributed by atoms with E-state index in [1.165, 1.54) is 18.5 Å². The van der Waals surface area contributed by atoms with Crippen LogP contribution in [0.4, 0.5) is 26.5 Å². The van der Waals surface area contributed by atoms with Crippen LogP contribution >= 0.6 is 11.8 Å². The summed E-state index contributed by atoms with van der Waals surface area (Å²) in [5.41, 5.74) is -2.66. The van der Waals surface area contributed by atoms with Gasteiger partial charge in [-0.05, 0) is 12.5 Å². The smallest absolute Gasteiger partial charge is 0.269 e. The van der Waals surface area contributed by atoms with Crippen molar-refractivity contribution in [3.63, 3.8) is 0 Å². The lowest BCUT2D eigenvalue weighted by Crippen LogP contribution is -2.19. The Hall–Kier alpha value is -2.27. The molecule has 0 amide bonds. The SMILES string of the molecule is COC(CC1Sc2cnccc2C1=O)c1c(F)c(F)c(C(F)F)c(F)c1OF. The predicted molar refractivity (Wildman–Crippen MR) is 85.6 cm³/mol. The highest BCUT2D eigenvalue weighted by Gasteiger charge is 2.39. The van der Waals surface area contributed by atoms with Gasteiger partial charge in [0.15, 0.2) is 23.2 Å². The van der Waals surface area contributed by atoms with Crippen molar-refractivity contribution < 1.29 is 41.0 Å². The Morgan fingerprint density at radius 1 is 1.18 bits per heavy atom. The normalized spacial score (nSPS) is 17.1. The third-order valence-electron chi connectivity index (χ3n) is 4.29. The lowest BCUT2D eigenvalue weighted by Gasteiger charge is -2.22. The zero-order chi connectivity index (χ0) is 20.6. The molecule has 2 aromatic rings. The van der Waals surface area contributed by atoms with Crippen LogP contribution in [-0.4, -0.2) is 23.1 Å². The second kappa shape index (κ2) is 8.00. The Morgan fingerprint density at radius 2 is 1.86 bits per heavy atom. The van der Waals surface area contributed by atoms with Crippen molar-refractivity contribution in [2.75, 3.05) is 7.11 Å². The van der Waals surface area contributed by atoms with Crippen molar-refractivity contribution >= 4 is 17.5 Å². The Bertz CT molecular complexity index is 926. The van der Waals surface area contributed by atoms with E-state index in [9.17, 15) is 31.3 Å². The zero-order valence-electron chi connectivity index (χ0n) is 14.0. The van der Waals surface area contributed by atoms with Crippen LogP contribution < -0.4 is 4.94 Å². The molecular formula is C17H11F6NO3S.